The van der Waals surface area contributed by atoms with E-state index >= 15 is 0 Å². The van der Waals surface area contributed by atoms with Crippen LogP contribution in [0.25, 0.3) is 12.2 Å². The first-order valence-electron chi connectivity index (χ1n) is 13.8. The molecule has 0 amide bonds. The smallest absolute Gasteiger partial charge is 0.203 e. The average Bonchev–Trinajstić information content (AvgIpc) is 3.44. The maximum atomic E-state index is 10.3. The summed E-state index contributed by atoms with van der Waals surface area (Å²) in [6.45, 7) is 0. The van der Waals surface area contributed by atoms with Crippen LogP contribution < -0.4 is 37.9 Å². The number of aromatic hydroxyl groups is 1. The van der Waals surface area contributed by atoms with E-state index in [1.165, 1.54) is 7.11 Å². The second-order valence-corrected chi connectivity index (χ2v) is 10.00. The third-order valence-electron chi connectivity index (χ3n) is 7.66. The zero-order valence-corrected chi connectivity index (χ0v) is 25.8. The monoisotopic (exact) mass is 600 g/mol. The Bertz CT molecular complexity index is 1630. The van der Waals surface area contributed by atoms with Crippen molar-refractivity contribution in [1.29, 1.82) is 0 Å². The summed E-state index contributed by atoms with van der Waals surface area (Å²) in [5, 5.41) is 10.3. The number of methoxy groups -OCH3 is 7. The van der Waals surface area contributed by atoms with Crippen molar-refractivity contribution < 1.29 is 43.0 Å². The standard InChI is InChI=1S/C35H36O9/c1-37-27-17-22(11-12-25(27)36)33-32(23-18-30(40-4)35(43-7)31(19-23)41-5)24-14-20(10-13-26(24)44-33)8-9-21-15-28(38-2)34(42-6)29(16-21)39-3/h8-19,32-33,36H,1-7H3/b9-8+. The lowest BCUT2D eigenvalue weighted by molar-refractivity contribution is 0.221. The van der Waals surface area contributed by atoms with Crippen molar-refractivity contribution >= 4 is 12.2 Å². The topological polar surface area (TPSA) is 94.1 Å². The molecule has 230 valence electrons. The van der Waals surface area contributed by atoms with Gasteiger partial charge < -0.3 is 43.0 Å². The molecule has 9 heteroatoms. The predicted molar refractivity (Wildman–Crippen MR) is 167 cm³/mol. The van der Waals surface area contributed by atoms with E-state index in [2.05, 4.69) is 6.07 Å². The van der Waals surface area contributed by atoms with Crippen molar-refractivity contribution in [3.8, 4) is 51.7 Å². The molecule has 0 saturated heterocycles. The van der Waals surface area contributed by atoms with Gasteiger partial charge in [-0.2, -0.15) is 0 Å². The van der Waals surface area contributed by atoms with E-state index < -0.39 is 6.10 Å². The highest BCUT2D eigenvalue weighted by Gasteiger charge is 2.38. The third-order valence-corrected chi connectivity index (χ3v) is 7.66. The molecule has 0 saturated carbocycles. The SMILES string of the molecule is COc1cc(C2Oc3ccc(/C=C/c4cc(OC)c(OC)c(OC)c4)cc3C2c2cc(OC)c(OC)c(OC)c2)ccc1O. The number of fused-ring (bicyclic) bond motifs is 1. The van der Waals surface area contributed by atoms with Crippen LogP contribution in [0.4, 0.5) is 0 Å². The number of hydrogen-bond acceptors (Lipinski definition) is 9. The van der Waals surface area contributed by atoms with Crippen LogP contribution in [-0.2, 0) is 0 Å². The Hall–Kier alpha value is -5.18. The zero-order valence-electron chi connectivity index (χ0n) is 25.8. The second kappa shape index (κ2) is 13.0. The van der Waals surface area contributed by atoms with Crippen LogP contribution in [0.3, 0.4) is 0 Å². The van der Waals surface area contributed by atoms with Gasteiger partial charge in [-0.1, -0.05) is 24.3 Å². The fourth-order valence-electron chi connectivity index (χ4n) is 5.55. The summed E-state index contributed by atoms with van der Waals surface area (Å²) in [4.78, 5) is 0. The van der Waals surface area contributed by atoms with Gasteiger partial charge in [-0.15, -0.1) is 0 Å². The van der Waals surface area contributed by atoms with Crippen molar-refractivity contribution in [2.24, 2.45) is 0 Å². The van der Waals surface area contributed by atoms with Crippen molar-refractivity contribution in [3.63, 3.8) is 0 Å². The highest BCUT2D eigenvalue weighted by molar-refractivity contribution is 5.74. The Kier molecular flexibility index (Phi) is 8.94. The summed E-state index contributed by atoms with van der Waals surface area (Å²) in [7, 11) is 11.0. The van der Waals surface area contributed by atoms with Crippen LogP contribution in [0, 0.1) is 0 Å². The third kappa shape index (κ3) is 5.60. The first-order chi connectivity index (χ1) is 21.4. The lowest BCUT2D eigenvalue weighted by Gasteiger charge is -2.23. The van der Waals surface area contributed by atoms with Gasteiger partial charge >= 0.3 is 0 Å². The summed E-state index contributed by atoms with van der Waals surface area (Å²) < 4.78 is 45.4. The number of ether oxygens (including phenoxy) is 8. The number of phenols is 1. The average molecular weight is 601 g/mol. The van der Waals surface area contributed by atoms with Gasteiger partial charge in [0, 0.05) is 5.56 Å². The van der Waals surface area contributed by atoms with Gasteiger partial charge in [-0.25, -0.2) is 0 Å². The van der Waals surface area contributed by atoms with Gasteiger partial charge in [0.2, 0.25) is 11.5 Å². The molecular formula is C35H36O9. The van der Waals surface area contributed by atoms with Crippen molar-refractivity contribution in [2.45, 2.75) is 12.0 Å². The van der Waals surface area contributed by atoms with Crippen LogP contribution in [-0.4, -0.2) is 54.9 Å². The number of rotatable bonds is 11. The minimum absolute atomic E-state index is 0.0512. The van der Waals surface area contributed by atoms with Crippen LogP contribution >= 0.6 is 0 Å². The molecule has 9 nitrogen and oxygen atoms in total. The fraction of sp³-hybridized carbons (Fsp3) is 0.257. The van der Waals surface area contributed by atoms with Crippen molar-refractivity contribution in [1.82, 2.24) is 0 Å². The van der Waals surface area contributed by atoms with Crippen molar-refractivity contribution in [2.75, 3.05) is 49.8 Å². The Morgan fingerprint density at radius 3 is 1.61 bits per heavy atom. The number of phenolic OH excluding ortho intramolecular Hbond substituents is 1. The van der Waals surface area contributed by atoms with Gasteiger partial charge in [0.05, 0.1) is 55.7 Å². The maximum absolute atomic E-state index is 10.3. The quantitative estimate of drug-likeness (QED) is 0.185. The second-order valence-electron chi connectivity index (χ2n) is 10.00. The molecule has 0 aromatic heterocycles. The summed E-state index contributed by atoms with van der Waals surface area (Å²) in [5.74, 6) is 4.15. The Labute approximate surface area is 257 Å². The molecule has 0 bridgehead atoms. The first-order valence-corrected chi connectivity index (χ1v) is 13.8. The van der Waals surface area contributed by atoms with Gasteiger partial charge in [0.15, 0.2) is 34.5 Å². The number of benzene rings is 4. The van der Waals surface area contributed by atoms with E-state index in [1.807, 2.05) is 54.6 Å². The van der Waals surface area contributed by atoms with Crippen LogP contribution in [0.2, 0.25) is 0 Å². The summed E-state index contributed by atoms with van der Waals surface area (Å²) in [6.07, 6.45) is 3.57. The molecule has 1 N–H and O–H groups in total. The Balaban J connectivity index is 1.61. The highest BCUT2D eigenvalue weighted by atomic mass is 16.5. The molecule has 2 atom stereocenters. The molecule has 0 aliphatic carbocycles. The largest absolute Gasteiger partial charge is 0.504 e. The minimum atomic E-state index is -0.434. The molecule has 1 aliphatic heterocycles. The highest BCUT2D eigenvalue weighted by Crippen LogP contribution is 2.53. The lowest BCUT2D eigenvalue weighted by atomic mass is 9.84. The Morgan fingerprint density at radius 2 is 1.07 bits per heavy atom. The summed E-state index contributed by atoms with van der Waals surface area (Å²) in [6, 6.07) is 19.0. The molecule has 0 fully saturated rings. The fourth-order valence-corrected chi connectivity index (χ4v) is 5.55. The molecule has 4 aromatic rings. The lowest BCUT2D eigenvalue weighted by Crippen LogP contribution is -2.12. The maximum Gasteiger partial charge on any atom is 0.203 e. The van der Waals surface area contributed by atoms with E-state index in [1.54, 1.807) is 54.8 Å². The molecule has 44 heavy (non-hydrogen) atoms. The van der Waals surface area contributed by atoms with Gasteiger partial charge in [-0.05, 0) is 70.8 Å². The molecule has 0 spiro atoms. The van der Waals surface area contributed by atoms with E-state index in [0.29, 0.717) is 40.2 Å². The van der Waals surface area contributed by atoms with Crippen LogP contribution in [0.5, 0.6) is 51.7 Å². The van der Waals surface area contributed by atoms with E-state index in [-0.39, 0.29) is 11.7 Å². The van der Waals surface area contributed by atoms with E-state index in [9.17, 15) is 5.11 Å². The first kappa shape index (κ1) is 30.3. The number of hydrogen-bond donors (Lipinski definition) is 1. The van der Waals surface area contributed by atoms with E-state index in [4.69, 9.17) is 37.9 Å². The normalized spacial score (nSPS) is 15.3. The van der Waals surface area contributed by atoms with E-state index in [0.717, 1.165) is 33.6 Å². The zero-order chi connectivity index (χ0) is 31.4. The Morgan fingerprint density at radius 1 is 0.545 bits per heavy atom. The van der Waals surface area contributed by atoms with Gasteiger partial charge in [0.1, 0.15) is 11.9 Å². The molecule has 1 aliphatic rings. The van der Waals surface area contributed by atoms with Gasteiger partial charge in [-0.3, -0.25) is 0 Å². The summed E-state index contributed by atoms with van der Waals surface area (Å²) in [5.41, 5.74) is 4.56. The van der Waals surface area contributed by atoms with Crippen molar-refractivity contribution in [3.05, 3.63) is 88.5 Å². The van der Waals surface area contributed by atoms with Crippen LogP contribution in [0.1, 0.15) is 39.8 Å². The van der Waals surface area contributed by atoms with Gasteiger partial charge in [0.25, 0.3) is 0 Å². The molecule has 2 unspecified atom stereocenters. The summed E-state index contributed by atoms with van der Waals surface area (Å²) >= 11 is 0. The predicted octanol–water partition coefficient (Wildman–Crippen LogP) is 6.89. The minimum Gasteiger partial charge on any atom is -0.504 e. The molecule has 4 aromatic carbocycles. The molecule has 5 rings (SSSR count). The molecular weight excluding hydrogens is 564 g/mol. The molecule has 1 heterocycles. The van der Waals surface area contributed by atoms with Crippen LogP contribution in [0.15, 0.2) is 60.7 Å². The molecule has 0 radical (unpaired) electrons.